The third-order valence-corrected chi connectivity index (χ3v) is 5.14. The molecule has 4 rings (SSSR count). The first kappa shape index (κ1) is 17.3. The molecule has 0 saturated carbocycles. The van der Waals surface area contributed by atoms with Gasteiger partial charge in [-0.05, 0) is 29.8 Å². The van der Waals surface area contributed by atoms with Gasteiger partial charge < -0.3 is 20.3 Å². The van der Waals surface area contributed by atoms with E-state index in [1.807, 2.05) is 40.3 Å². The Bertz CT molecular complexity index is 920. The molecule has 1 aliphatic heterocycles. The number of nitrogens with zero attached hydrogens (tertiary/aromatic N) is 2. The highest BCUT2D eigenvalue weighted by Crippen LogP contribution is 2.49. The van der Waals surface area contributed by atoms with E-state index < -0.39 is 0 Å². The predicted octanol–water partition coefficient (Wildman–Crippen LogP) is 4.69. The number of nitrogen functional groups attached to an aromatic ring is 1. The van der Waals surface area contributed by atoms with E-state index in [1.165, 1.54) is 16.7 Å². The summed E-state index contributed by atoms with van der Waals surface area (Å²) in [5, 5.41) is 0. The van der Waals surface area contributed by atoms with Crippen molar-refractivity contribution in [2.75, 3.05) is 43.7 Å². The monoisotopic (exact) mass is 359 g/mol. The molecule has 138 valence electrons. The summed E-state index contributed by atoms with van der Waals surface area (Å²) in [5.74, 6) is 1.94. The van der Waals surface area contributed by atoms with Crippen molar-refractivity contribution in [3.8, 4) is 11.5 Å². The smallest absolute Gasteiger partial charge is 0.133 e. The molecule has 3 aromatic carbocycles. The molecule has 27 heavy (non-hydrogen) atoms. The molecule has 0 bridgehead atoms. The maximum atomic E-state index is 6.36. The van der Waals surface area contributed by atoms with Gasteiger partial charge in [0.2, 0.25) is 0 Å². The second-order valence-corrected chi connectivity index (χ2v) is 7.43. The molecule has 0 saturated heterocycles. The van der Waals surface area contributed by atoms with E-state index in [9.17, 15) is 0 Å². The molecule has 0 aromatic heterocycles. The highest BCUT2D eigenvalue weighted by atomic mass is 16.5. The lowest BCUT2D eigenvalue weighted by Crippen LogP contribution is -2.15. The first-order valence-corrected chi connectivity index (χ1v) is 9.10. The SMILES string of the molecule is CN(C)c1ccc2c(c1)Oc1cc(N(C)C)ccc1C2c1ccc(N)cc1. The highest BCUT2D eigenvalue weighted by molar-refractivity contribution is 5.66. The van der Waals surface area contributed by atoms with Crippen LogP contribution in [0.4, 0.5) is 17.1 Å². The number of hydrogen-bond acceptors (Lipinski definition) is 4. The molecule has 0 spiro atoms. The lowest BCUT2D eigenvalue weighted by atomic mass is 9.82. The summed E-state index contributed by atoms with van der Waals surface area (Å²) in [6.07, 6.45) is 0. The largest absolute Gasteiger partial charge is 0.457 e. The van der Waals surface area contributed by atoms with Gasteiger partial charge in [0.1, 0.15) is 11.5 Å². The Balaban J connectivity index is 1.90. The zero-order valence-electron chi connectivity index (χ0n) is 16.2. The summed E-state index contributed by atoms with van der Waals surface area (Å²) in [4.78, 5) is 4.18. The van der Waals surface area contributed by atoms with Crippen LogP contribution in [0.2, 0.25) is 0 Å². The van der Waals surface area contributed by atoms with Gasteiger partial charge in [-0.2, -0.15) is 0 Å². The molecule has 1 aliphatic rings. The lowest BCUT2D eigenvalue weighted by Gasteiger charge is -2.30. The van der Waals surface area contributed by atoms with Crippen LogP contribution in [0, 0.1) is 0 Å². The van der Waals surface area contributed by atoms with Crippen molar-refractivity contribution >= 4 is 17.1 Å². The topological polar surface area (TPSA) is 41.7 Å². The molecular formula is C23H25N3O. The van der Waals surface area contributed by atoms with Crippen LogP contribution in [0.25, 0.3) is 0 Å². The van der Waals surface area contributed by atoms with Crippen molar-refractivity contribution in [2.24, 2.45) is 0 Å². The minimum absolute atomic E-state index is 0.122. The van der Waals surface area contributed by atoms with Crippen molar-refractivity contribution in [1.82, 2.24) is 0 Å². The van der Waals surface area contributed by atoms with E-state index in [4.69, 9.17) is 10.5 Å². The minimum Gasteiger partial charge on any atom is -0.457 e. The van der Waals surface area contributed by atoms with Gasteiger partial charge in [-0.15, -0.1) is 0 Å². The Morgan fingerprint density at radius 1 is 0.704 bits per heavy atom. The van der Waals surface area contributed by atoms with Crippen LogP contribution in [0.5, 0.6) is 11.5 Å². The van der Waals surface area contributed by atoms with Crippen LogP contribution in [0.1, 0.15) is 22.6 Å². The molecule has 0 unspecified atom stereocenters. The van der Waals surface area contributed by atoms with Crippen LogP contribution < -0.4 is 20.3 Å². The van der Waals surface area contributed by atoms with Crippen molar-refractivity contribution < 1.29 is 4.74 Å². The fourth-order valence-electron chi connectivity index (χ4n) is 3.59. The summed E-state index contributed by atoms with van der Waals surface area (Å²) in [5.41, 5.74) is 12.5. The number of rotatable bonds is 3. The van der Waals surface area contributed by atoms with E-state index in [2.05, 4.69) is 58.3 Å². The standard InChI is InChI=1S/C23H25N3O/c1-25(2)17-9-11-19-21(13-17)27-22-14-18(26(3)4)10-12-20(22)23(19)15-5-7-16(24)8-6-15/h5-14,23H,24H2,1-4H3. The minimum atomic E-state index is 0.122. The van der Waals surface area contributed by atoms with E-state index in [0.717, 1.165) is 28.6 Å². The zero-order chi connectivity index (χ0) is 19.1. The van der Waals surface area contributed by atoms with E-state index in [1.54, 1.807) is 0 Å². The Hall–Kier alpha value is -3.14. The van der Waals surface area contributed by atoms with Crippen LogP contribution in [0.3, 0.4) is 0 Å². The number of nitrogens with two attached hydrogens (primary N) is 1. The second kappa shape index (κ2) is 6.54. The van der Waals surface area contributed by atoms with Gasteiger partial charge in [0.25, 0.3) is 0 Å². The molecular weight excluding hydrogens is 334 g/mol. The Kier molecular flexibility index (Phi) is 4.19. The van der Waals surface area contributed by atoms with E-state index in [-0.39, 0.29) is 5.92 Å². The van der Waals surface area contributed by atoms with E-state index in [0.29, 0.717) is 0 Å². The van der Waals surface area contributed by atoms with Gasteiger partial charge in [0, 0.05) is 74.4 Å². The average Bonchev–Trinajstić information content (AvgIpc) is 2.66. The number of hydrogen-bond donors (Lipinski definition) is 1. The molecule has 1 heterocycles. The maximum Gasteiger partial charge on any atom is 0.133 e. The first-order chi connectivity index (χ1) is 12.9. The molecule has 0 atom stereocenters. The van der Waals surface area contributed by atoms with Gasteiger partial charge in [-0.3, -0.25) is 0 Å². The summed E-state index contributed by atoms with van der Waals surface area (Å²) in [7, 11) is 8.17. The van der Waals surface area contributed by atoms with Crippen LogP contribution in [-0.4, -0.2) is 28.2 Å². The van der Waals surface area contributed by atoms with Gasteiger partial charge in [0.15, 0.2) is 0 Å². The van der Waals surface area contributed by atoms with Gasteiger partial charge in [-0.25, -0.2) is 0 Å². The molecule has 3 aromatic rings. The number of anilines is 3. The normalized spacial score (nSPS) is 12.7. The van der Waals surface area contributed by atoms with Crippen LogP contribution in [0.15, 0.2) is 60.7 Å². The van der Waals surface area contributed by atoms with Crippen molar-refractivity contribution in [3.63, 3.8) is 0 Å². The second-order valence-electron chi connectivity index (χ2n) is 7.43. The lowest BCUT2D eigenvalue weighted by molar-refractivity contribution is 0.453. The summed E-state index contributed by atoms with van der Waals surface area (Å²) < 4.78 is 6.36. The van der Waals surface area contributed by atoms with Gasteiger partial charge >= 0.3 is 0 Å². The molecule has 0 radical (unpaired) electrons. The van der Waals surface area contributed by atoms with E-state index >= 15 is 0 Å². The van der Waals surface area contributed by atoms with Crippen molar-refractivity contribution in [2.45, 2.75) is 5.92 Å². The molecule has 2 N–H and O–H groups in total. The van der Waals surface area contributed by atoms with Gasteiger partial charge in [-0.1, -0.05) is 24.3 Å². The number of ether oxygens (including phenoxy) is 1. The quantitative estimate of drug-likeness (QED) is 0.539. The van der Waals surface area contributed by atoms with Crippen molar-refractivity contribution in [1.29, 1.82) is 0 Å². The molecule has 0 fully saturated rings. The molecule has 0 amide bonds. The summed E-state index contributed by atoms with van der Waals surface area (Å²) in [6.45, 7) is 0. The Morgan fingerprint density at radius 2 is 1.19 bits per heavy atom. The maximum absolute atomic E-state index is 6.36. The number of benzene rings is 3. The van der Waals surface area contributed by atoms with Crippen LogP contribution in [-0.2, 0) is 0 Å². The molecule has 4 heteroatoms. The Morgan fingerprint density at radius 3 is 1.63 bits per heavy atom. The Labute approximate surface area is 160 Å². The fraction of sp³-hybridized carbons (Fsp3) is 0.217. The third-order valence-electron chi connectivity index (χ3n) is 5.14. The van der Waals surface area contributed by atoms with Crippen LogP contribution >= 0.6 is 0 Å². The highest BCUT2D eigenvalue weighted by Gasteiger charge is 2.29. The third kappa shape index (κ3) is 3.08. The molecule has 4 nitrogen and oxygen atoms in total. The molecule has 0 aliphatic carbocycles. The van der Waals surface area contributed by atoms with Crippen molar-refractivity contribution in [3.05, 3.63) is 77.4 Å². The summed E-state index contributed by atoms with van der Waals surface area (Å²) in [6, 6.07) is 21.0. The average molecular weight is 359 g/mol. The predicted molar refractivity (Wildman–Crippen MR) is 113 cm³/mol. The first-order valence-electron chi connectivity index (χ1n) is 9.10. The fourth-order valence-corrected chi connectivity index (χ4v) is 3.59. The summed E-state index contributed by atoms with van der Waals surface area (Å²) >= 11 is 0. The zero-order valence-corrected chi connectivity index (χ0v) is 16.2. The number of fused-ring (bicyclic) bond motifs is 2. The van der Waals surface area contributed by atoms with Gasteiger partial charge in [0.05, 0.1) is 0 Å².